The maximum Gasteiger partial charge on any atom is 0.573 e. The second kappa shape index (κ2) is 6.25. The van der Waals surface area contributed by atoms with E-state index in [1.807, 2.05) is 0 Å². The Morgan fingerprint density at radius 3 is 2.63 bits per heavy atom. The molecule has 0 aromatic heterocycles. The summed E-state index contributed by atoms with van der Waals surface area (Å²) in [5.74, 6) is -0.215. The van der Waals surface area contributed by atoms with Gasteiger partial charge in [0.2, 0.25) is 0 Å². The van der Waals surface area contributed by atoms with Crippen LogP contribution < -0.4 is 10.2 Å². The lowest BCUT2D eigenvalue weighted by Crippen LogP contribution is -2.21. The normalized spacial score (nSPS) is 16.8. The van der Waals surface area contributed by atoms with Crippen molar-refractivity contribution in [2.45, 2.75) is 44.7 Å². The highest BCUT2D eigenvalue weighted by atomic mass is 19.4. The minimum atomic E-state index is -4.66. The van der Waals surface area contributed by atoms with Crippen LogP contribution in [0.1, 0.15) is 31.2 Å². The topological polar surface area (TPSA) is 30.5 Å². The largest absolute Gasteiger partial charge is 0.573 e. The quantitative estimate of drug-likeness (QED) is 0.834. The SMILES string of the molecule is FC(F)(F)Oc1cccc(CNOC2CCCC2)c1. The fourth-order valence-electron chi connectivity index (χ4n) is 2.10. The number of halogens is 3. The molecule has 0 bridgehead atoms. The number of ether oxygens (including phenoxy) is 1. The molecule has 1 aliphatic carbocycles. The smallest absolute Gasteiger partial charge is 0.406 e. The fraction of sp³-hybridized carbons (Fsp3) is 0.538. The summed E-state index contributed by atoms with van der Waals surface area (Å²) in [6.07, 6.45) is -0.0433. The van der Waals surface area contributed by atoms with Gasteiger partial charge in [0.1, 0.15) is 5.75 Å². The van der Waals surface area contributed by atoms with Gasteiger partial charge >= 0.3 is 6.36 Å². The molecule has 0 radical (unpaired) electrons. The summed E-state index contributed by atoms with van der Waals surface area (Å²) in [5, 5.41) is 0. The van der Waals surface area contributed by atoms with Crippen molar-refractivity contribution in [3.8, 4) is 5.75 Å². The highest BCUT2D eigenvalue weighted by Gasteiger charge is 2.31. The van der Waals surface area contributed by atoms with E-state index in [1.54, 1.807) is 6.07 Å². The summed E-state index contributed by atoms with van der Waals surface area (Å²) < 4.78 is 40.1. The van der Waals surface area contributed by atoms with Crippen molar-refractivity contribution in [3.63, 3.8) is 0 Å². The van der Waals surface area contributed by atoms with Crippen molar-refractivity contribution < 1.29 is 22.7 Å². The van der Waals surface area contributed by atoms with E-state index in [4.69, 9.17) is 4.84 Å². The number of hydrogen-bond acceptors (Lipinski definition) is 3. The Bertz CT molecular complexity index is 403. The number of benzene rings is 1. The first kappa shape index (κ1) is 14.1. The van der Waals surface area contributed by atoms with Gasteiger partial charge in [0, 0.05) is 6.54 Å². The van der Waals surface area contributed by atoms with E-state index < -0.39 is 6.36 Å². The van der Waals surface area contributed by atoms with E-state index in [2.05, 4.69) is 10.2 Å². The van der Waals surface area contributed by atoms with Crippen molar-refractivity contribution in [2.24, 2.45) is 0 Å². The van der Waals surface area contributed by atoms with Gasteiger partial charge in [0.15, 0.2) is 0 Å². The number of nitrogens with one attached hydrogen (secondary N) is 1. The molecule has 106 valence electrons. The minimum absolute atomic E-state index is 0.215. The van der Waals surface area contributed by atoms with Crippen molar-refractivity contribution in [3.05, 3.63) is 29.8 Å². The van der Waals surface area contributed by atoms with Crippen molar-refractivity contribution in [1.82, 2.24) is 5.48 Å². The zero-order valence-corrected chi connectivity index (χ0v) is 10.4. The van der Waals surface area contributed by atoms with Crippen LogP contribution in [-0.2, 0) is 11.4 Å². The first-order valence-corrected chi connectivity index (χ1v) is 6.26. The van der Waals surface area contributed by atoms with Crippen LogP contribution in [0.25, 0.3) is 0 Å². The second-order valence-corrected chi connectivity index (χ2v) is 4.54. The van der Waals surface area contributed by atoms with E-state index in [0.717, 1.165) is 12.8 Å². The van der Waals surface area contributed by atoms with Gasteiger partial charge in [-0.1, -0.05) is 25.0 Å². The first-order valence-electron chi connectivity index (χ1n) is 6.26. The number of hydroxylamine groups is 1. The highest BCUT2D eigenvalue weighted by molar-refractivity contribution is 5.28. The van der Waals surface area contributed by atoms with Crippen molar-refractivity contribution in [1.29, 1.82) is 0 Å². The molecular formula is C13H16F3NO2. The molecule has 3 nitrogen and oxygen atoms in total. The van der Waals surface area contributed by atoms with E-state index >= 15 is 0 Å². The van der Waals surface area contributed by atoms with Crippen LogP contribution in [0.2, 0.25) is 0 Å². The number of hydrogen-bond donors (Lipinski definition) is 1. The summed E-state index contributed by atoms with van der Waals surface area (Å²) in [6, 6.07) is 5.86. The van der Waals surface area contributed by atoms with E-state index in [0.29, 0.717) is 12.1 Å². The molecule has 0 atom stereocenters. The molecule has 1 N–H and O–H groups in total. The van der Waals surface area contributed by atoms with Gasteiger partial charge in [-0.15, -0.1) is 13.2 Å². The number of alkyl halides is 3. The predicted molar refractivity (Wildman–Crippen MR) is 63.3 cm³/mol. The summed E-state index contributed by atoms with van der Waals surface area (Å²) in [5.41, 5.74) is 3.48. The Morgan fingerprint density at radius 1 is 1.21 bits per heavy atom. The van der Waals surface area contributed by atoms with Gasteiger partial charge in [-0.25, -0.2) is 0 Å². The molecule has 0 spiro atoms. The van der Waals surface area contributed by atoms with Crippen LogP contribution in [0.4, 0.5) is 13.2 Å². The Labute approximate surface area is 109 Å². The molecule has 0 aliphatic heterocycles. The van der Waals surface area contributed by atoms with Crippen LogP contribution in [0.15, 0.2) is 24.3 Å². The lowest BCUT2D eigenvalue weighted by Gasteiger charge is -2.13. The number of rotatable bonds is 5. The molecule has 1 fully saturated rings. The summed E-state index contributed by atoms with van der Waals surface area (Å²) in [4.78, 5) is 5.43. The van der Waals surface area contributed by atoms with Gasteiger partial charge in [0.25, 0.3) is 0 Å². The summed E-state index contributed by atoms with van der Waals surface area (Å²) in [6.45, 7) is 0.353. The Morgan fingerprint density at radius 2 is 1.95 bits per heavy atom. The molecular weight excluding hydrogens is 259 g/mol. The lowest BCUT2D eigenvalue weighted by atomic mass is 10.2. The van der Waals surface area contributed by atoms with Crippen LogP contribution in [0.5, 0.6) is 5.75 Å². The predicted octanol–water partition coefficient (Wildman–Crippen LogP) is 3.55. The van der Waals surface area contributed by atoms with Crippen molar-refractivity contribution >= 4 is 0 Å². The molecule has 0 saturated heterocycles. The molecule has 1 aromatic rings. The van der Waals surface area contributed by atoms with Gasteiger partial charge in [-0.2, -0.15) is 5.48 Å². The standard InChI is InChI=1S/C13H16F3NO2/c14-13(15,16)18-12-7-3-4-10(8-12)9-17-19-11-5-1-2-6-11/h3-4,7-8,11,17H,1-2,5-6,9H2. The molecule has 2 rings (SSSR count). The van der Waals surface area contributed by atoms with Gasteiger partial charge in [-0.05, 0) is 30.5 Å². The lowest BCUT2D eigenvalue weighted by molar-refractivity contribution is -0.274. The third-order valence-corrected chi connectivity index (χ3v) is 2.96. The Hall–Kier alpha value is -1.27. The van der Waals surface area contributed by atoms with Gasteiger partial charge in [0.05, 0.1) is 6.10 Å². The average molecular weight is 275 g/mol. The van der Waals surface area contributed by atoms with E-state index in [-0.39, 0.29) is 11.9 Å². The van der Waals surface area contributed by atoms with E-state index in [9.17, 15) is 13.2 Å². The zero-order valence-electron chi connectivity index (χ0n) is 10.4. The minimum Gasteiger partial charge on any atom is -0.406 e. The first-order chi connectivity index (χ1) is 9.03. The molecule has 0 heterocycles. The fourth-order valence-corrected chi connectivity index (χ4v) is 2.10. The third kappa shape index (κ3) is 5.08. The Kier molecular flexibility index (Phi) is 4.66. The molecule has 1 saturated carbocycles. The zero-order chi connectivity index (χ0) is 13.7. The Balaban J connectivity index is 1.81. The maximum absolute atomic E-state index is 12.1. The molecule has 19 heavy (non-hydrogen) atoms. The molecule has 6 heteroatoms. The highest BCUT2D eigenvalue weighted by Crippen LogP contribution is 2.23. The van der Waals surface area contributed by atoms with Gasteiger partial charge in [-0.3, -0.25) is 4.84 Å². The van der Waals surface area contributed by atoms with Crippen LogP contribution >= 0.6 is 0 Å². The van der Waals surface area contributed by atoms with Crippen LogP contribution in [-0.4, -0.2) is 12.5 Å². The monoisotopic (exact) mass is 275 g/mol. The van der Waals surface area contributed by atoms with E-state index in [1.165, 1.54) is 31.0 Å². The third-order valence-electron chi connectivity index (χ3n) is 2.96. The molecule has 0 amide bonds. The van der Waals surface area contributed by atoms with Crippen molar-refractivity contribution in [2.75, 3.05) is 0 Å². The molecule has 0 unspecified atom stereocenters. The van der Waals surface area contributed by atoms with Crippen LogP contribution in [0.3, 0.4) is 0 Å². The summed E-state index contributed by atoms with van der Waals surface area (Å²) in [7, 11) is 0. The van der Waals surface area contributed by atoms with Gasteiger partial charge < -0.3 is 4.74 Å². The molecule has 1 aromatic carbocycles. The average Bonchev–Trinajstić information content (AvgIpc) is 2.80. The maximum atomic E-state index is 12.1. The summed E-state index contributed by atoms with van der Waals surface area (Å²) >= 11 is 0. The second-order valence-electron chi connectivity index (χ2n) is 4.54. The van der Waals surface area contributed by atoms with Crippen LogP contribution in [0, 0.1) is 0 Å². The molecule has 1 aliphatic rings.